The number of nitrogens with zero attached hydrogens (tertiary/aromatic N) is 1. The molecule has 0 saturated heterocycles. The van der Waals surface area contributed by atoms with Gasteiger partial charge in [0.25, 0.3) is 0 Å². The molecule has 0 aromatic heterocycles. The molecule has 0 bridgehead atoms. The van der Waals surface area contributed by atoms with E-state index in [4.69, 9.17) is 15.3 Å². The lowest BCUT2D eigenvalue weighted by atomic mass is 10.4. The van der Waals surface area contributed by atoms with Crippen molar-refractivity contribution < 1.29 is 24.9 Å². The van der Waals surface area contributed by atoms with Gasteiger partial charge in [-0.15, -0.1) is 0 Å². The number of ether oxygens (including phenoxy) is 1. The van der Waals surface area contributed by atoms with E-state index in [1.807, 2.05) is 0 Å². The van der Waals surface area contributed by atoms with Crippen molar-refractivity contribution in [2.75, 3.05) is 32.9 Å². The van der Waals surface area contributed by atoms with Crippen LogP contribution in [0, 0.1) is 0 Å². The summed E-state index contributed by atoms with van der Waals surface area (Å²) in [6.45, 7) is 1.12. The fourth-order valence-electron chi connectivity index (χ4n) is 0.886. The van der Waals surface area contributed by atoms with Gasteiger partial charge in [0.1, 0.15) is 6.61 Å². The molecule has 0 radical (unpaired) electrons. The summed E-state index contributed by atoms with van der Waals surface area (Å²) in [5.74, 6) is -0.367. The van der Waals surface area contributed by atoms with Crippen LogP contribution in [0.3, 0.4) is 0 Å². The Labute approximate surface area is 82.7 Å². The zero-order valence-electron chi connectivity index (χ0n) is 8.22. The van der Waals surface area contributed by atoms with Crippen molar-refractivity contribution >= 4 is 5.91 Å². The summed E-state index contributed by atoms with van der Waals surface area (Å²) >= 11 is 0. The van der Waals surface area contributed by atoms with Crippen molar-refractivity contribution in [1.29, 1.82) is 0 Å². The van der Waals surface area contributed by atoms with Crippen LogP contribution in [0.15, 0.2) is 0 Å². The third-order valence-electron chi connectivity index (χ3n) is 1.54. The molecule has 0 aliphatic heterocycles. The lowest BCUT2D eigenvalue weighted by molar-refractivity contribution is -0.148. The van der Waals surface area contributed by atoms with Crippen LogP contribution in [0.25, 0.3) is 0 Å². The van der Waals surface area contributed by atoms with Gasteiger partial charge < -0.3 is 25.0 Å². The highest BCUT2D eigenvalue weighted by Crippen LogP contribution is 1.92. The fourth-order valence-corrected chi connectivity index (χ4v) is 0.886. The van der Waals surface area contributed by atoms with Crippen molar-refractivity contribution in [2.45, 2.75) is 13.2 Å². The summed E-state index contributed by atoms with van der Waals surface area (Å²) in [6, 6.07) is 0. The minimum absolute atomic E-state index is 0.155. The first-order chi connectivity index (χ1) is 6.61. The third-order valence-corrected chi connectivity index (χ3v) is 1.54. The Morgan fingerprint density at radius 2 is 1.86 bits per heavy atom. The lowest BCUT2D eigenvalue weighted by Crippen LogP contribution is -2.38. The van der Waals surface area contributed by atoms with Gasteiger partial charge in [-0.2, -0.15) is 0 Å². The minimum atomic E-state index is -0.996. The van der Waals surface area contributed by atoms with E-state index in [0.29, 0.717) is 0 Å². The third kappa shape index (κ3) is 5.87. The van der Waals surface area contributed by atoms with E-state index >= 15 is 0 Å². The molecule has 14 heavy (non-hydrogen) atoms. The van der Waals surface area contributed by atoms with Crippen LogP contribution in [-0.4, -0.2) is 65.3 Å². The van der Waals surface area contributed by atoms with Gasteiger partial charge in [0.15, 0.2) is 6.29 Å². The topological polar surface area (TPSA) is 90.2 Å². The maximum absolute atomic E-state index is 11.3. The molecule has 0 spiro atoms. The van der Waals surface area contributed by atoms with Crippen molar-refractivity contribution in [1.82, 2.24) is 4.90 Å². The molecule has 84 valence electrons. The number of rotatable bonds is 7. The summed E-state index contributed by atoms with van der Waals surface area (Å²) in [5.41, 5.74) is 0. The number of aliphatic hydroxyl groups excluding tert-OH is 3. The predicted molar refractivity (Wildman–Crippen MR) is 48.4 cm³/mol. The number of amides is 1. The summed E-state index contributed by atoms with van der Waals surface area (Å²) in [4.78, 5) is 12.6. The van der Waals surface area contributed by atoms with E-state index < -0.39 is 6.29 Å². The van der Waals surface area contributed by atoms with Gasteiger partial charge in [-0.05, 0) is 6.92 Å². The average molecular weight is 207 g/mol. The van der Waals surface area contributed by atoms with E-state index in [-0.39, 0.29) is 38.8 Å². The van der Waals surface area contributed by atoms with Crippen LogP contribution in [-0.2, 0) is 9.53 Å². The second kappa shape index (κ2) is 7.69. The Balaban J connectivity index is 3.88. The molecule has 0 heterocycles. The first-order valence-corrected chi connectivity index (χ1v) is 4.41. The maximum Gasteiger partial charge on any atom is 0.248 e. The van der Waals surface area contributed by atoms with Gasteiger partial charge in [0.2, 0.25) is 5.91 Å². The number of carbonyl (C=O) groups excluding carboxylic acids is 1. The van der Waals surface area contributed by atoms with E-state index in [2.05, 4.69) is 4.74 Å². The summed E-state index contributed by atoms with van der Waals surface area (Å²) < 4.78 is 4.68. The quantitative estimate of drug-likeness (QED) is 0.427. The normalized spacial score (nSPS) is 12.6. The Morgan fingerprint density at radius 3 is 2.21 bits per heavy atom. The first kappa shape index (κ1) is 13.3. The van der Waals surface area contributed by atoms with Gasteiger partial charge in [-0.25, -0.2) is 0 Å². The zero-order chi connectivity index (χ0) is 11.0. The van der Waals surface area contributed by atoms with Crippen LogP contribution in [0.2, 0.25) is 0 Å². The highest BCUT2D eigenvalue weighted by molar-refractivity contribution is 5.77. The van der Waals surface area contributed by atoms with E-state index in [9.17, 15) is 4.79 Å². The molecule has 1 amide bonds. The Morgan fingerprint density at radius 1 is 1.36 bits per heavy atom. The van der Waals surface area contributed by atoms with Crippen LogP contribution in [0.1, 0.15) is 6.92 Å². The van der Waals surface area contributed by atoms with E-state index in [1.165, 1.54) is 11.8 Å². The molecule has 3 N–H and O–H groups in total. The van der Waals surface area contributed by atoms with E-state index in [1.54, 1.807) is 0 Å². The molecule has 0 aliphatic carbocycles. The van der Waals surface area contributed by atoms with Gasteiger partial charge in [0, 0.05) is 13.1 Å². The lowest BCUT2D eigenvalue weighted by Gasteiger charge is -2.20. The molecular formula is C8H17NO5. The average Bonchev–Trinajstić information content (AvgIpc) is 2.14. The number of hydrogen-bond acceptors (Lipinski definition) is 5. The van der Waals surface area contributed by atoms with E-state index in [0.717, 1.165) is 0 Å². The molecule has 0 rings (SSSR count). The molecule has 1 unspecified atom stereocenters. The second-order valence-corrected chi connectivity index (χ2v) is 2.74. The molecule has 0 aliphatic rings. The molecule has 0 aromatic carbocycles. The Bertz CT molecular complexity index is 156. The van der Waals surface area contributed by atoms with Crippen molar-refractivity contribution in [3.05, 3.63) is 0 Å². The summed E-state index contributed by atoms with van der Waals surface area (Å²) in [5, 5.41) is 26.0. The second-order valence-electron chi connectivity index (χ2n) is 2.74. The Kier molecular flexibility index (Phi) is 7.31. The highest BCUT2D eigenvalue weighted by atomic mass is 16.6. The highest BCUT2D eigenvalue weighted by Gasteiger charge is 2.12. The van der Waals surface area contributed by atoms with Crippen LogP contribution in [0.5, 0.6) is 0 Å². The smallest absolute Gasteiger partial charge is 0.248 e. The van der Waals surface area contributed by atoms with Gasteiger partial charge in [-0.1, -0.05) is 0 Å². The molecule has 6 heteroatoms. The number of aliphatic hydroxyl groups is 3. The molecule has 6 nitrogen and oxygen atoms in total. The molecule has 0 saturated carbocycles. The zero-order valence-corrected chi connectivity index (χ0v) is 8.22. The Hall–Kier alpha value is -0.690. The standard InChI is InChI=1S/C8H17NO5/c1-7(12)14-6-8(13)9(2-4-10)3-5-11/h7,10-12H,2-6H2,1H3. The molecule has 0 aromatic rings. The summed E-state index contributed by atoms with van der Waals surface area (Å²) in [6.07, 6.45) is -0.996. The SMILES string of the molecule is CC(O)OCC(=O)N(CCO)CCO. The number of carbonyl (C=O) groups is 1. The first-order valence-electron chi connectivity index (χ1n) is 4.41. The predicted octanol–water partition coefficient (Wildman–Crippen LogP) is -1.85. The van der Waals surface area contributed by atoms with Crippen LogP contribution in [0.4, 0.5) is 0 Å². The maximum atomic E-state index is 11.3. The summed E-state index contributed by atoms with van der Waals surface area (Å²) in [7, 11) is 0. The van der Waals surface area contributed by atoms with Crippen molar-refractivity contribution in [3.63, 3.8) is 0 Å². The molecule has 0 fully saturated rings. The van der Waals surface area contributed by atoms with Crippen LogP contribution < -0.4 is 0 Å². The van der Waals surface area contributed by atoms with Gasteiger partial charge in [-0.3, -0.25) is 4.79 Å². The van der Waals surface area contributed by atoms with Crippen molar-refractivity contribution in [2.24, 2.45) is 0 Å². The fraction of sp³-hybridized carbons (Fsp3) is 0.875. The number of hydrogen-bond donors (Lipinski definition) is 3. The molecule has 1 atom stereocenters. The van der Waals surface area contributed by atoms with Gasteiger partial charge >= 0.3 is 0 Å². The monoisotopic (exact) mass is 207 g/mol. The van der Waals surface area contributed by atoms with Gasteiger partial charge in [0.05, 0.1) is 13.2 Å². The van der Waals surface area contributed by atoms with Crippen molar-refractivity contribution in [3.8, 4) is 0 Å². The largest absolute Gasteiger partial charge is 0.395 e. The van der Waals surface area contributed by atoms with Crippen LogP contribution >= 0.6 is 0 Å². The minimum Gasteiger partial charge on any atom is -0.395 e. The molecular weight excluding hydrogens is 190 g/mol.